The summed E-state index contributed by atoms with van der Waals surface area (Å²) in [6, 6.07) is 11.2. The van der Waals surface area contributed by atoms with Crippen LogP contribution in [0.5, 0.6) is 0 Å². The van der Waals surface area contributed by atoms with Gasteiger partial charge in [0.15, 0.2) is 10.9 Å². The highest BCUT2D eigenvalue weighted by Crippen LogP contribution is 2.37. The number of amides is 1. The third-order valence-electron chi connectivity index (χ3n) is 5.12. The smallest absolute Gasteiger partial charge is 0.321 e. The Morgan fingerprint density at radius 3 is 2.03 bits per heavy atom. The Morgan fingerprint density at radius 2 is 1.47 bits per heavy atom. The second-order valence-electron chi connectivity index (χ2n) is 8.10. The van der Waals surface area contributed by atoms with Crippen molar-refractivity contribution in [3.05, 3.63) is 88.5 Å². The van der Waals surface area contributed by atoms with Gasteiger partial charge < -0.3 is 5.32 Å². The van der Waals surface area contributed by atoms with Crippen molar-refractivity contribution in [2.24, 2.45) is 0 Å². The molecule has 0 aliphatic carbocycles. The van der Waals surface area contributed by atoms with Crippen molar-refractivity contribution in [2.45, 2.75) is 37.1 Å². The maximum absolute atomic E-state index is 13.2. The van der Waals surface area contributed by atoms with Crippen molar-refractivity contribution >= 4 is 23.4 Å². The molecule has 0 fully saturated rings. The van der Waals surface area contributed by atoms with Gasteiger partial charge in [0.2, 0.25) is 0 Å². The van der Waals surface area contributed by atoms with Gasteiger partial charge in [-0.3, -0.25) is 4.79 Å². The van der Waals surface area contributed by atoms with E-state index in [1.807, 2.05) is 0 Å². The monoisotopic (exact) mass is 552 g/mol. The van der Waals surface area contributed by atoms with Crippen molar-refractivity contribution in [3.8, 4) is 5.69 Å². The van der Waals surface area contributed by atoms with E-state index >= 15 is 0 Å². The number of rotatable bonds is 6. The Labute approximate surface area is 216 Å². The summed E-state index contributed by atoms with van der Waals surface area (Å²) in [6.45, 7) is 3.58. The molecule has 0 aliphatic heterocycles. The van der Waals surface area contributed by atoms with Crippen LogP contribution in [0.1, 0.15) is 38.7 Å². The summed E-state index contributed by atoms with van der Waals surface area (Å²) in [5, 5.41) is 10.4. The van der Waals surface area contributed by atoms with E-state index in [4.69, 9.17) is 0 Å². The average Bonchev–Trinajstić information content (AvgIpc) is 3.25. The number of halogens is 6. The lowest BCUT2D eigenvalue weighted by Gasteiger charge is -2.14. The molecule has 198 valence electrons. The Hall–Kier alpha value is -3.94. The SMILES string of the molecule is Cc1cc(C)nc(SCc2c(C(=O)Nc3cc(C(F)(F)F)cc(C(F)(F)F)c3)nnn2-c2ccccc2)n1. The van der Waals surface area contributed by atoms with Crippen molar-refractivity contribution in [1.82, 2.24) is 25.0 Å². The number of thioether (sulfide) groups is 1. The minimum atomic E-state index is -5.06. The molecule has 2 heterocycles. The number of hydrogen-bond donors (Lipinski definition) is 1. The number of aromatic nitrogens is 5. The first-order chi connectivity index (χ1) is 17.8. The molecular weight excluding hydrogens is 534 g/mol. The van der Waals surface area contributed by atoms with Crippen LogP contribution in [0.15, 0.2) is 59.8 Å². The number of para-hydroxylation sites is 1. The summed E-state index contributed by atoms with van der Waals surface area (Å²) < 4.78 is 80.9. The van der Waals surface area contributed by atoms with Gasteiger partial charge in [-0.15, -0.1) is 5.10 Å². The van der Waals surface area contributed by atoms with Crippen molar-refractivity contribution in [3.63, 3.8) is 0 Å². The molecule has 4 aromatic rings. The number of carbonyl (C=O) groups excluding carboxylic acids is 1. The zero-order valence-corrected chi connectivity index (χ0v) is 20.5. The lowest BCUT2D eigenvalue weighted by molar-refractivity contribution is -0.143. The van der Waals surface area contributed by atoms with Crippen LogP contribution in [0.4, 0.5) is 32.0 Å². The Balaban J connectivity index is 1.71. The van der Waals surface area contributed by atoms with Gasteiger partial charge in [0.1, 0.15) is 0 Å². The fourth-order valence-electron chi connectivity index (χ4n) is 3.49. The maximum atomic E-state index is 13.2. The minimum Gasteiger partial charge on any atom is -0.321 e. The first-order valence-electron chi connectivity index (χ1n) is 10.9. The predicted molar refractivity (Wildman–Crippen MR) is 127 cm³/mol. The van der Waals surface area contributed by atoms with Crippen molar-refractivity contribution in [1.29, 1.82) is 0 Å². The number of nitrogens with one attached hydrogen (secondary N) is 1. The van der Waals surface area contributed by atoms with Gasteiger partial charge in [0.25, 0.3) is 5.91 Å². The van der Waals surface area contributed by atoms with Gasteiger partial charge in [0.05, 0.1) is 22.5 Å². The van der Waals surface area contributed by atoms with Crippen LogP contribution < -0.4 is 5.32 Å². The zero-order chi connectivity index (χ0) is 27.7. The lowest BCUT2D eigenvalue weighted by atomic mass is 10.1. The second-order valence-corrected chi connectivity index (χ2v) is 9.05. The van der Waals surface area contributed by atoms with E-state index in [0.717, 1.165) is 23.1 Å². The molecule has 0 aliphatic rings. The minimum absolute atomic E-state index is 0.0206. The van der Waals surface area contributed by atoms with Crippen LogP contribution in [0.2, 0.25) is 0 Å². The van der Waals surface area contributed by atoms with E-state index in [1.165, 1.54) is 4.68 Å². The molecule has 0 spiro atoms. The van der Waals surface area contributed by atoms with E-state index in [1.54, 1.807) is 50.2 Å². The summed E-state index contributed by atoms with van der Waals surface area (Å²) in [5.74, 6) is -0.958. The van der Waals surface area contributed by atoms with Gasteiger partial charge in [-0.1, -0.05) is 35.2 Å². The van der Waals surface area contributed by atoms with E-state index in [-0.39, 0.29) is 23.2 Å². The Kier molecular flexibility index (Phi) is 7.44. The molecule has 7 nitrogen and oxygen atoms in total. The standard InChI is InChI=1S/C24H18F6N6OS/c1-13-8-14(2)32-22(31-13)38-12-19-20(34-35-36(19)18-6-4-3-5-7-18)21(37)33-17-10-15(23(25,26)27)9-16(11-17)24(28,29)30/h3-11H,12H2,1-2H3,(H,33,37). The molecule has 38 heavy (non-hydrogen) atoms. The molecule has 4 rings (SSSR count). The quantitative estimate of drug-likeness (QED) is 0.173. The summed E-state index contributed by atoms with van der Waals surface area (Å²) in [7, 11) is 0. The summed E-state index contributed by atoms with van der Waals surface area (Å²) >= 11 is 1.16. The van der Waals surface area contributed by atoms with Crippen LogP contribution in [0, 0.1) is 13.8 Å². The molecule has 0 saturated carbocycles. The molecule has 0 bridgehead atoms. The molecule has 1 N–H and O–H groups in total. The highest BCUT2D eigenvalue weighted by molar-refractivity contribution is 7.98. The van der Waals surface area contributed by atoms with Gasteiger partial charge in [-0.25, -0.2) is 14.6 Å². The fraction of sp³-hybridized carbons (Fsp3) is 0.208. The van der Waals surface area contributed by atoms with Crippen LogP contribution in [0.25, 0.3) is 5.69 Å². The Bertz CT molecular complexity index is 1420. The third kappa shape index (κ3) is 6.30. The highest BCUT2D eigenvalue weighted by atomic mass is 32.2. The molecule has 0 saturated heterocycles. The molecule has 2 aromatic heterocycles. The van der Waals surface area contributed by atoms with E-state index in [9.17, 15) is 31.1 Å². The van der Waals surface area contributed by atoms with Crippen molar-refractivity contribution in [2.75, 3.05) is 5.32 Å². The first kappa shape index (κ1) is 27.1. The number of carbonyl (C=O) groups is 1. The molecule has 1 amide bonds. The normalized spacial score (nSPS) is 12.0. The maximum Gasteiger partial charge on any atom is 0.416 e. The third-order valence-corrected chi connectivity index (χ3v) is 5.98. The lowest BCUT2D eigenvalue weighted by Crippen LogP contribution is -2.17. The highest BCUT2D eigenvalue weighted by Gasteiger charge is 2.37. The number of aryl methyl sites for hydroxylation is 2. The van der Waals surface area contributed by atoms with Gasteiger partial charge in [-0.2, -0.15) is 26.3 Å². The molecule has 0 unspecified atom stereocenters. The Morgan fingerprint density at radius 1 is 0.895 bits per heavy atom. The molecule has 0 radical (unpaired) electrons. The van der Waals surface area contributed by atoms with Crippen LogP contribution in [-0.4, -0.2) is 30.9 Å². The van der Waals surface area contributed by atoms with E-state index in [2.05, 4.69) is 25.6 Å². The number of alkyl halides is 6. The molecule has 2 aromatic carbocycles. The molecular formula is C24H18F6N6OS. The topological polar surface area (TPSA) is 85.6 Å². The average molecular weight is 553 g/mol. The van der Waals surface area contributed by atoms with E-state index in [0.29, 0.717) is 23.0 Å². The number of benzene rings is 2. The zero-order valence-electron chi connectivity index (χ0n) is 19.7. The van der Waals surface area contributed by atoms with E-state index < -0.39 is 35.1 Å². The summed E-state index contributed by atoms with van der Waals surface area (Å²) in [6.07, 6.45) is -10.1. The van der Waals surface area contributed by atoms with Crippen LogP contribution in [0.3, 0.4) is 0 Å². The summed E-state index contributed by atoms with van der Waals surface area (Å²) in [5.41, 5.74) is -1.87. The van der Waals surface area contributed by atoms with Crippen LogP contribution in [-0.2, 0) is 18.1 Å². The molecule has 0 atom stereocenters. The summed E-state index contributed by atoms with van der Waals surface area (Å²) in [4.78, 5) is 21.8. The fourth-order valence-corrected chi connectivity index (χ4v) is 4.43. The second kappa shape index (κ2) is 10.4. The number of anilines is 1. The van der Waals surface area contributed by atoms with Crippen LogP contribution >= 0.6 is 11.8 Å². The van der Waals surface area contributed by atoms with Gasteiger partial charge >= 0.3 is 12.4 Å². The van der Waals surface area contributed by atoms with Gasteiger partial charge in [-0.05, 0) is 50.2 Å². The van der Waals surface area contributed by atoms with Crippen molar-refractivity contribution < 1.29 is 31.1 Å². The number of nitrogens with zero attached hydrogens (tertiary/aromatic N) is 5. The number of hydrogen-bond acceptors (Lipinski definition) is 6. The predicted octanol–water partition coefficient (Wildman–Crippen LogP) is 6.26. The largest absolute Gasteiger partial charge is 0.416 e. The van der Waals surface area contributed by atoms with Gasteiger partial charge in [0, 0.05) is 22.8 Å². The first-order valence-corrected chi connectivity index (χ1v) is 11.9. The molecule has 14 heteroatoms.